The van der Waals surface area contributed by atoms with Crippen molar-refractivity contribution in [1.29, 1.82) is 0 Å². The molecule has 2 saturated heterocycles. The van der Waals surface area contributed by atoms with Crippen LogP contribution >= 0.6 is 34.4 Å². The van der Waals surface area contributed by atoms with Crippen LogP contribution in [0.1, 0.15) is 95.1 Å². The number of carbonyl (C=O) groups excluding carboxylic acids is 4. The van der Waals surface area contributed by atoms with Crippen molar-refractivity contribution in [3.05, 3.63) is 15.0 Å². The van der Waals surface area contributed by atoms with Crippen molar-refractivity contribution in [1.82, 2.24) is 30.2 Å². The second-order valence-corrected chi connectivity index (χ2v) is 18.2. The minimum absolute atomic E-state index is 0.0787. The van der Waals surface area contributed by atoms with E-state index >= 15 is 0 Å². The van der Waals surface area contributed by atoms with Gasteiger partial charge in [0.2, 0.25) is 11.0 Å². The molecular weight excluding hydrogens is 687 g/mol. The fourth-order valence-corrected chi connectivity index (χ4v) is 8.50. The highest BCUT2D eigenvalue weighted by molar-refractivity contribution is 7.99. The quantitative estimate of drug-likeness (QED) is 0.239. The number of aromatic nitrogens is 4. The molecule has 2 unspecified atom stereocenters. The van der Waals surface area contributed by atoms with E-state index in [1.54, 1.807) is 21.6 Å². The Morgan fingerprint density at radius 3 is 1.84 bits per heavy atom. The smallest absolute Gasteiger partial charge is 0.410 e. The third-order valence-corrected chi connectivity index (χ3v) is 10.7. The third-order valence-electron chi connectivity index (χ3n) is 7.82. The lowest BCUT2D eigenvalue weighted by Crippen LogP contribution is -2.43. The number of carbonyl (C=O) groups is 4. The molecule has 0 aromatic carbocycles. The number of ether oxygens (including phenoxy) is 2. The first kappa shape index (κ1) is 38.9. The van der Waals surface area contributed by atoms with Gasteiger partial charge in [0.05, 0.1) is 6.42 Å². The molecule has 3 amide bonds. The van der Waals surface area contributed by atoms with Crippen molar-refractivity contribution < 1.29 is 28.7 Å². The van der Waals surface area contributed by atoms with E-state index in [1.165, 1.54) is 22.7 Å². The van der Waals surface area contributed by atoms with Gasteiger partial charge in [-0.2, -0.15) is 11.8 Å². The first-order chi connectivity index (χ1) is 23.1. The number of nitrogens with one attached hydrogen (secondary N) is 1. The Morgan fingerprint density at radius 2 is 1.27 bits per heavy atom. The number of Topliss-reactive ketones (excluding diaryl/α,β-unsaturated/α-hetero) is 1. The highest BCUT2D eigenvalue weighted by Crippen LogP contribution is 2.25. The zero-order valence-electron chi connectivity index (χ0n) is 29.6. The van der Waals surface area contributed by atoms with E-state index in [4.69, 9.17) is 9.47 Å². The molecule has 4 rings (SSSR count). The third kappa shape index (κ3) is 14.1. The number of thioether (sulfide) groups is 1. The van der Waals surface area contributed by atoms with Crippen molar-refractivity contribution in [2.75, 3.05) is 43.0 Å². The highest BCUT2D eigenvalue weighted by Gasteiger charge is 2.30. The molecule has 4 heterocycles. The maximum absolute atomic E-state index is 12.8. The van der Waals surface area contributed by atoms with Crippen molar-refractivity contribution >= 4 is 63.4 Å². The van der Waals surface area contributed by atoms with Crippen molar-refractivity contribution in [3.63, 3.8) is 0 Å². The van der Waals surface area contributed by atoms with Crippen molar-refractivity contribution in [2.45, 2.75) is 111 Å². The number of hydrogen-bond acceptors (Lipinski definition) is 13. The summed E-state index contributed by atoms with van der Waals surface area (Å²) in [4.78, 5) is 53.8. The molecule has 49 heavy (non-hydrogen) atoms. The zero-order chi connectivity index (χ0) is 35.6. The van der Waals surface area contributed by atoms with E-state index in [9.17, 15) is 19.2 Å². The fourth-order valence-electron chi connectivity index (χ4n) is 5.73. The van der Waals surface area contributed by atoms with Crippen LogP contribution in [0.4, 0.5) is 14.7 Å². The van der Waals surface area contributed by atoms with Crippen molar-refractivity contribution in [2.24, 2.45) is 11.8 Å². The number of rotatable bonds is 13. The molecule has 13 nitrogen and oxygen atoms in total. The molecule has 1 N–H and O–H groups in total. The summed E-state index contributed by atoms with van der Waals surface area (Å²) >= 11 is 4.66. The molecule has 2 aliphatic rings. The highest BCUT2D eigenvalue weighted by atomic mass is 32.2. The second-order valence-electron chi connectivity index (χ2n) is 14.7. The number of piperidine rings is 2. The SMILES string of the molecule is CC(C)(C)OC(=O)N1CCCC(CC(=O)Cc2nnc(CCSCCc3nnc(NC(=O)CC4CCCN(C(=O)OC(C)(C)C)C4)s3)s2)C1. The number of anilines is 1. The van der Waals surface area contributed by atoms with Crippen molar-refractivity contribution in [3.8, 4) is 0 Å². The summed E-state index contributed by atoms with van der Waals surface area (Å²) in [5.74, 6) is 1.95. The van der Waals surface area contributed by atoms with Gasteiger partial charge in [-0.3, -0.25) is 9.59 Å². The summed E-state index contributed by atoms with van der Waals surface area (Å²) in [6.45, 7) is 13.5. The van der Waals surface area contributed by atoms with E-state index in [1.807, 2.05) is 41.5 Å². The number of ketones is 1. The second kappa shape index (κ2) is 17.9. The lowest BCUT2D eigenvalue weighted by molar-refractivity contribution is -0.120. The summed E-state index contributed by atoms with van der Waals surface area (Å²) < 4.78 is 11.0. The van der Waals surface area contributed by atoms with Gasteiger partial charge < -0.3 is 24.6 Å². The van der Waals surface area contributed by atoms with Crippen LogP contribution in [0.5, 0.6) is 0 Å². The normalized spacial score (nSPS) is 18.7. The minimum Gasteiger partial charge on any atom is -0.444 e. The largest absolute Gasteiger partial charge is 0.444 e. The van der Waals surface area contributed by atoms with E-state index in [0.717, 1.165) is 65.1 Å². The number of nitrogens with zero attached hydrogens (tertiary/aromatic N) is 6. The topological polar surface area (TPSA) is 157 Å². The van der Waals surface area contributed by atoms with Crippen LogP contribution in [0.2, 0.25) is 0 Å². The fraction of sp³-hybridized carbons (Fsp3) is 0.758. The molecule has 0 saturated carbocycles. The van der Waals surface area contributed by atoms with Crippen LogP contribution in [-0.4, -0.2) is 103 Å². The number of hydrogen-bond donors (Lipinski definition) is 1. The van der Waals surface area contributed by atoms with Crippen LogP contribution in [0, 0.1) is 11.8 Å². The molecule has 0 radical (unpaired) electrons. The lowest BCUT2D eigenvalue weighted by Gasteiger charge is -2.33. The van der Waals surface area contributed by atoms with Gasteiger partial charge in [0, 0.05) is 51.9 Å². The average Bonchev–Trinajstić information content (AvgIpc) is 3.64. The molecule has 272 valence electrons. The summed E-state index contributed by atoms with van der Waals surface area (Å²) in [6.07, 6.45) is 5.42. The first-order valence-electron chi connectivity index (χ1n) is 17.1. The molecule has 2 aliphatic heterocycles. The van der Waals surface area contributed by atoms with Crippen LogP contribution in [0.15, 0.2) is 0 Å². The minimum atomic E-state index is -0.548. The Balaban J connectivity index is 1.09. The average molecular weight is 738 g/mol. The van der Waals surface area contributed by atoms with Gasteiger partial charge in [0.1, 0.15) is 32.0 Å². The van der Waals surface area contributed by atoms with Gasteiger partial charge in [-0.1, -0.05) is 11.3 Å². The summed E-state index contributed by atoms with van der Waals surface area (Å²) in [5, 5.41) is 22.8. The molecule has 0 bridgehead atoms. The Morgan fingerprint density at radius 1 is 0.755 bits per heavy atom. The predicted molar refractivity (Wildman–Crippen MR) is 192 cm³/mol. The Kier molecular flexibility index (Phi) is 14.2. The number of aryl methyl sites for hydroxylation is 2. The van der Waals surface area contributed by atoms with Gasteiger partial charge in [-0.05, 0) is 90.6 Å². The zero-order valence-corrected chi connectivity index (χ0v) is 32.1. The first-order valence-corrected chi connectivity index (χ1v) is 19.9. The summed E-state index contributed by atoms with van der Waals surface area (Å²) in [7, 11) is 0. The molecule has 2 aromatic heterocycles. The number of amides is 3. The van der Waals surface area contributed by atoms with Gasteiger partial charge >= 0.3 is 12.2 Å². The molecule has 2 fully saturated rings. The Bertz CT molecular complexity index is 1320. The maximum Gasteiger partial charge on any atom is 0.410 e. The lowest BCUT2D eigenvalue weighted by atomic mass is 9.92. The van der Waals surface area contributed by atoms with E-state index in [2.05, 4.69) is 25.7 Å². The van der Waals surface area contributed by atoms with Crippen LogP contribution in [0.25, 0.3) is 0 Å². The molecule has 2 atom stereocenters. The molecule has 16 heteroatoms. The molecule has 0 spiro atoms. The summed E-state index contributed by atoms with van der Waals surface area (Å²) in [6, 6.07) is 0. The standard InChI is InChI=1S/C33H51N7O6S3/c1-32(2,3)45-30(43)39-13-7-9-22(20-39)17-24(41)19-28-37-35-26(48-28)11-15-47-16-12-27-36-38-29(49-27)34-25(42)18-23-10-8-14-40(21-23)31(44)46-33(4,5)6/h22-23H,7-21H2,1-6H3,(H,34,38,42). The van der Waals surface area contributed by atoms with Crippen LogP contribution in [-0.2, 0) is 38.3 Å². The van der Waals surface area contributed by atoms with Crippen LogP contribution in [0.3, 0.4) is 0 Å². The Labute approximate surface area is 301 Å². The molecule has 0 aliphatic carbocycles. The Hall–Kier alpha value is -2.85. The number of likely N-dealkylation sites (tertiary alicyclic amines) is 2. The maximum atomic E-state index is 12.8. The summed E-state index contributed by atoms with van der Waals surface area (Å²) in [5.41, 5.74) is -1.09. The van der Waals surface area contributed by atoms with Gasteiger partial charge in [-0.15, -0.1) is 31.7 Å². The van der Waals surface area contributed by atoms with Gasteiger partial charge in [0.15, 0.2) is 0 Å². The van der Waals surface area contributed by atoms with E-state index in [0.29, 0.717) is 44.2 Å². The van der Waals surface area contributed by atoms with E-state index < -0.39 is 11.2 Å². The molecule has 2 aromatic rings. The van der Waals surface area contributed by atoms with Gasteiger partial charge in [0.25, 0.3) is 0 Å². The molecular formula is C33H51N7O6S3. The predicted octanol–water partition coefficient (Wildman–Crippen LogP) is 6.03. The van der Waals surface area contributed by atoms with Crippen LogP contribution < -0.4 is 5.32 Å². The van der Waals surface area contributed by atoms with E-state index in [-0.39, 0.29) is 42.1 Å². The monoisotopic (exact) mass is 737 g/mol. The van der Waals surface area contributed by atoms with Gasteiger partial charge in [-0.25, -0.2) is 9.59 Å².